The van der Waals surface area contributed by atoms with E-state index in [1.54, 1.807) is 11.0 Å². The number of carbonyl (C=O) groups is 1. The van der Waals surface area contributed by atoms with Crippen LogP contribution in [-0.2, 0) is 0 Å². The predicted octanol–water partition coefficient (Wildman–Crippen LogP) is 2.11. The van der Waals surface area contributed by atoms with E-state index in [1.165, 1.54) is 6.26 Å². The van der Waals surface area contributed by atoms with Gasteiger partial charge in [-0.15, -0.1) is 0 Å². The predicted molar refractivity (Wildman–Crippen MR) is 74.6 cm³/mol. The zero-order valence-electron chi connectivity index (χ0n) is 10.8. The number of piperazine rings is 1. The summed E-state index contributed by atoms with van der Waals surface area (Å²) in [6, 6.07) is 9.12. The van der Waals surface area contributed by atoms with E-state index in [1.807, 2.05) is 24.3 Å². The van der Waals surface area contributed by atoms with Crippen LogP contribution in [0.4, 0.5) is 0 Å². The molecule has 6 heteroatoms. The number of benzene rings is 1. The molecule has 20 heavy (non-hydrogen) atoms. The van der Waals surface area contributed by atoms with Crippen molar-refractivity contribution in [3.8, 4) is 0 Å². The van der Waals surface area contributed by atoms with Crippen LogP contribution in [0.3, 0.4) is 0 Å². The monoisotopic (exact) mass is 291 g/mol. The van der Waals surface area contributed by atoms with Crippen LogP contribution in [0, 0.1) is 0 Å². The fourth-order valence-electron chi connectivity index (χ4n) is 2.43. The second kappa shape index (κ2) is 5.64. The van der Waals surface area contributed by atoms with Gasteiger partial charge in [-0.3, -0.25) is 4.79 Å². The van der Waals surface area contributed by atoms with Crippen molar-refractivity contribution in [1.82, 2.24) is 15.4 Å². The summed E-state index contributed by atoms with van der Waals surface area (Å²) in [6.45, 7) is 2.09. The second-order valence-electron chi connectivity index (χ2n) is 4.66. The fourth-order valence-corrected chi connectivity index (χ4v) is 2.63. The van der Waals surface area contributed by atoms with Gasteiger partial charge < -0.3 is 14.7 Å². The minimum atomic E-state index is -0.120. The standard InChI is InChI=1S/C14H14ClN3O2/c15-11-3-1-2-10(8-11)13-9-16-5-6-18(13)14(19)12-4-7-20-17-12/h1-4,7-8,13,16H,5-6,9H2. The highest BCUT2D eigenvalue weighted by atomic mass is 35.5. The fraction of sp³-hybridized carbons (Fsp3) is 0.286. The third-order valence-corrected chi connectivity index (χ3v) is 3.63. The summed E-state index contributed by atoms with van der Waals surface area (Å²) in [6.07, 6.45) is 1.41. The van der Waals surface area contributed by atoms with Crippen molar-refractivity contribution in [1.29, 1.82) is 0 Å². The van der Waals surface area contributed by atoms with Crippen LogP contribution in [0.5, 0.6) is 0 Å². The Labute approximate surface area is 121 Å². The number of carbonyl (C=O) groups excluding carboxylic acids is 1. The quantitative estimate of drug-likeness (QED) is 0.921. The van der Waals surface area contributed by atoms with Crippen LogP contribution < -0.4 is 5.32 Å². The number of hydrogen-bond donors (Lipinski definition) is 1. The molecule has 0 saturated carbocycles. The molecule has 1 aliphatic heterocycles. The summed E-state index contributed by atoms with van der Waals surface area (Å²) >= 11 is 6.04. The molecule has 1 atom stereocenters. The van der Waals surface area contributed by atoms with Gasteiger partial charge in [0.25, 0.3) is 5.91 Å². The molecular weight excluding hydrogens is 278 g/mol. The maximum atomic E-state index is 12.5. The Morgan fingerprint density at radius 1 is 1.45 bits per heavy atom. The van der Waals surface area contributed by atoms with Gasteiger partial charge in [0.15, 0.2) is 5.69 Å². The van der Waals surface area contributed by atoms with Crippen molar-refractivity contribution >= 4 is 17.5 Å². The van der Waals surface area contributed by atoms with Crippen LogP contribution in [0.15, 0.2) is 41.1 Å². The molecule has 1 aromatic carbocycles. The molecule has 0 radical (unpaired) electrons. The molecule has 0 bridgehead atoms. The molecule has 3 rings (SSSR count). The van der Waals surface area contributed by atoms with Gasteiger partial charge in [0, 0.05) is 30.7 Å². The van der Waals surface area contributed by atoms with Gasteiger partial charge in [-0.1, -0.05) is 28.9 Å². The topological polar surface area (TPSA) is 58.4 Å². The number of halogens is 1. The Bertz CT molecular complexity index is 600. The maximum absolute atomic E-state index is 12.5. The lowest BCUT2D eigenvalue weighted by molar-refractivity contribution is 0.0623. The highest BCUT2D eigenvalue weighted by Crippen LogP contribution is 2.25. The normalized spacial score (nSPS) is 19.1. The van der Waals surface area contributed by atoms with E-state index in [0.717, 1.165) is 12.1 Å². The van der Waals surface area contributed by atoms with E-state index in [4.69, 9.17) is 16.1 Å². The first kappa shape index (κ1) is 13.1. The summed E-state index contributed by atoms with van der Waals surface area (Å²) in [7, 11) is 0. The number of rotatable bonds is 2. The zero-order valence-corrected chi connectivity index (χ0v) is 11.5. The molecule has 2 heterocycles. The van der Waals surface area contributed by atoms with Gasteiger partial charge in [0.05, 0.1) is 6.04 Å². The molecule has 1 N–H and O–H groups in total. The van der Waals surface area contributed by atoms with Gasteiger partial charge in [0.1, 0.15) is 6.26 Å². The third kappa shape index (κ3) is 2.55. The Hall–Kier alpha value is -1.85. The van der Waals surface area contributed by atoms with Crippen LogP contribution >= 0.6 is 11.6 Å². The van der Waals surface area contributed by atoms with Gasteiger partial charge in [-0.25, -0.2) is 0 Å². The van der Waals surface area contributed by atoms with Gasteiger partial charge in [-0.2, -0.15) is 0 Å². The molecule has 1 amide bonds. The van der Waals surface area contributed by atoms with Crippen molar-refractivity contribution in [3.05, 3.63) is 52.9 Å². The van der Waals surface area contributed by atoms with E-state index in [-0.39, 0.29) is 11.9 Å². The number of aromatic nitrogens is 1. The Kier molecular flexibility index (Phi) is 3.71. The molecule has 1 unspecified atom stereocenters. The average Bonchev–Trinajstić information content (AvgIpc) is 3.01. The largest absolute Gasteiger partial charge is 0.364 e. The average molecular weight is 292 g/mol. The summed E-state index contributed by atoms with van der Waals surface area (Å²) in [5, 5.41) is 7.69. The molecule has 2 aromatic rings. The summed E-state index contributed by atoms with van der Waals surface area (Å²) in [5.41, 5.74) is 1.35. The molecule has 0 aliphatic carbocycles. The third-order valence-electron chi connectivity index (χ3n) is 3.39. The minimum absolute atomic E-state index is 0.0494. The Balaban J connectivity index is 1.89. The number of hydrogen-bond acceptors (Lipinski definition) is 4. The SMILES string of the molecule is O=C(c1ccon1)N1CCNCC1c1cccc(Cl)c1. The molecule has 1 fully saturated rings. The van der Waals surface area contributed by atoms with Crippen molar-refractivity contribution in [3.63, 3.8) is 0 Å². The maximum Gasteiger partial charge on any atom is 0.276 e. The first-order valence-electron chi connectivity index (χ1n) is 6.43. The molecule has 1 saturated heterocycles. The van der Waals surface area contributed by atoms with Crippen molar-refractivity contribution < 1.29 is 9.32 Å². The van der Waals surface area contributed by atoms with Crippen molar-refractivity contribution in [2.24, 2.45) is 0 Å². The van der Waals surface area contributed by atoms with Crippen molar-refractivity contribution in [2.75, 3.05) is 19.6 Å². The van der Waals surface area contributed by atoms with Crippen LogP contribution in [0.1, 0.15) is 22.1 Å². The van der Waals surface area contributed by atoms with Gasteiger partial charge >= 0.3 is 0 Å². The zero-order chi connectivity index (χ0) is 13.9. The van der Waals surface area contributed by atoms with Crippen LogP contribution in [-0.4, -0.2) is 35.6 Å². The summed E-state index contributed by atoms with van der Waals surface area (Å²) < 4.78 is 4.75. The van der Waals surface area contributed by atoms with Crippen LogP contribution in [0.25, 0.3) is 0 Å². The molecule has 1 aromatic heterocycles. The highest BCUT2D eigenvalue weighted by Gasteiger charge is 2.29. The minimum Gasteiger partial charge on any atom is -0.364 e. The molecular formula is C14H14ClN3O2. The second-order valence-corrected chi connectivity index (χ2v) is 5.09. The first-order chi connectivity index (χ1) is 9.75. The molecule has 1 aliphatic rings. The van der Waals surface area contributed by atoms with E-state index >= 15 is 0 Å². The molecule has 0 spiro atoms. The lowest BCUT2D eigenvalue weighted by Crippen LogP contribution is -2.48. The van der Waals surface area contributed by atoms with Gasteiger partial charge in [-0.05, 0) is 17.7 Å². The molecule has 5 nitrogen and oxygen atoms in total. The van der Waals surface area contributed by atoms with E-state index in [0.29, 0.717) is 23.8 Å². The van der Waals surface area contributed by atoms with Gasteiger partial charge in [0.2, 0.25) is 0 Å². The van der Waals surface area contributed by atoms with E-state index in [2.05, 4.69) is 10.5 Å². The summed E-state index contributed by atoms with van der Waals surface area (Å²) in [5.74, 6) is -0.120. The number of amides is 1. The van der Waals surface area contributed by atoms with E-state index < -0.39 is 0 Å². The molecule has 104 valence electrons. The van der Waals surface area contributed by atoms with Crippen LogP contribution in [0.2, 0.25) is 5.02 Å². The number of nitrogens with zero attached hydrogens (tertiary/aromatic N) is 2. The first-order valence-corrected chi connectivity index (χ1v) is 6.81. The van der Waals surface area contributed by atoms with Crippen molar-refractivity contribution in [2.45, 2.75) is 6.04 Å². The number of nitrogens with one attached hydrogen (secondary N) is 1. The lowest BCUT2D eigenvalue weighted by Gasteiger charge is -2.36. The Morgan fingerprint density at radius 2 is 2.35 bits per heavy atom. The van der Waals surface area contributed by atoms with E-state index in [9.17, 15) is 4.79 Å². The highest BCUT2D eigenvalue weighted by molar-refractivity contribution is 6.30. The summed E-state index contributed by atoms with van der Waals surface area (Å²) in [4.78, 5) is 14.3. The lowest BCUT2D eigenvalue weighted by atomic mass is 10.0. The Morgan fingerprint density at radius 3 is 3.10 bits per heavy atom. The smallest absolute Gasteiger partial charge is 0.276 e.